The highest BCUT2D eigenvalue weighted by atomic mass is 16.7. The van der Waals surface area contributed by atoms with Crippen LogP contribution in [0.4, 0.5) is 0 Å². The number of carbonyl (C=O) groups excluding carboxylic acids is 1. The highest BCUT2D eigenvalue weighted by molar-refractivity contribution is 5.92. The summed E-state index contributed by atoms with van der Waals surface area (Å²) in [5.74, 6) is -3.96. The fourth-order valence-electron chi connectivity index (χ4n) is 12.7. The Morgan fingerprint density at radius 1 is 0.923 bits per heavy atom. The number of aromatic nitrogens is 1. The minimum Gasteiger partial charge on any atom is -0.477 e. The van der Waals surface area contributed by atoms with Gasteiger partial charge in [0, 0.05) is 76.3 Å². The molecule has 2 aromatic rings. The second-order valence-corrected chi connectivity index (χ2v) is 24.6. The number of benzene rings is 1. The molecule has 0 bridgehead atoms. The molecule has 18 atom stereocenters. The quantitative estimate of drug-likeness (QED) is 0.131. The molecule has 1 saturated carbocycles. The predicted molar refractivity (Wildman–Crippen MR) is 296 cm³/mol. The summed E-state index contributed by atoms with van der Waals surface area (Å²) in [6.45, 7) is 20.4. The number of carbonyl (C=O) groups is 2. The first kappa shape index (κ1) is 63.8. The van der Waals surface area contributed by atoms with Crippen molar-refractivity contribution in [1.29, 1.82) is 0 Å². The van der Waals surface area contributed by atoms with Gasteiger partial charge in [-0.05, 0) is 145 Å². The molecule has 0 amide bonds. The Kier molecular flexibility index (Phi) is 21.5. The number of carboxylic acids is 1. The predicted octanol–water partition coefficient (Wildman–Crippen LogP) is 4.23. The highest BCUT2D eigenvalue weighted by Gasteiger charge is 2.53. The summed E-state index contributed by atoms with van der Waals surface area (Å²) in [6.07, 6.45) is -2.85. The normalized spacial score (nSPS) is 38.0. The Labute approximate surface area is 463 Å². The van der Waals surface area contributed by atoms with Gasteiger partial charge in [0.2, 0.25) is 5.43 Å². The zero-order chi connectivity index (χ0) is 57.9. The van der Waals surface area contributed by atoms with Crippen molar-refractivity contribution in [1.82, 2.24) is 19.4 Å². The van der Waals surface area contributed by atoms with Crippen LogP contribution < -0.4 is 10.4 Å². The first-order chi connectivity index (χ1) is 36.5. The maximum Gasteiger partial charge on any atom is 0.341 e. The number of hydrogen-bond donors (Lipinski definition) is 5. The van der Waals surface area contributed by atoms with Crippen molar-refractivity contribution >= 4 is 22.8 Å². The van der Waals surface area contributed by atoms with E-state index in [0.717, 1.165) is 31.4 Å². The van der Waals surface area contributed by atoms with E-state index in [9.17, 15) is 39.9 Å². The standard InChI is InChI=1S/C58H97N5O15/c1-17-45-58(10,71)50(66)37(6)61(15)31-33(2)29-56(8,70)51(78-55-48(65)44(59(11)12)27-34(3)74-55)35(4)49(36(5)54(69)76-45)77-46-30-57(9,72-16)52(38(7)75-46)73-26-25-62(40-21-22-40)24-18-19-39-20-23-43-41(28-39)47(64)42(53(67)68)32-63(43)60(13)14/h20,23,28,32-38,40,44-46,48-52,55,65-66,70-71H,17-19,21-22,24-27,29-31H2,1-16H3,(H,67,68)/t33-,34-,35+,36-,37-,38+,44+,45-,46+,48-,49+,50-,51-,52+,55+,56-,57-,58-/m1/s1. The number of pyridine rings is 1. The number of aromatic carboxylic acids is 1. The maximum atomic E-state index is 14.7. The van der Waals surface area contributed by atoms with Crippen LogP contribution in [0.3, 0.4) is 0 Å². The fourth-order valence-corrected chi connectivity index (χ4v) is 12.7. The Balaban J connectivity index is 1.22. The van der Waals surface area contributed by atoms with E-state index < -0.39 is 107 Å². The molecular weight excluding hydrogens is 1010 g/mol. The van der Waals surface area contributed by atoms with Gasteiger partial charge in [-0.3, -0.25) is 19.2 Å². The van der Waals surface area contributed by atoms with Crippen LogP contribution >= 0.6 is 0 Å². The lowest BCUT2D eigenvalue weighted by molar-refractivity contribution is -0.320. The third-order valence-electron chi connectivity index (χ3n) is 17.5. The number of likely N-dealkylation sites (N-methyl/N-ethyl adjacent to an activating group) is 2. The lowest BCUT2D eigenvalue weighted by atomic mass is 9.77. The number of hydrogen-bond acceptors (Lipinski definition) is 18. The number of fused-ring (bicyclic) bond motifs is 1. The van der Waals surface area contributed by atoms with E-state index in [1.807, 2.05) is 90.7 Å². The van der Waals surface area contributed by atoms with Gasteiger partial charge < -0.3 is 73.5 Å². The van der Waals surface area contributed by atoms with Crippen LogP contribution in [0.5, 0.6) is 0 Å². The smallest absolute Gasteiger partial charge is 0.341 e. The van der Waals surface area contributed by atoms with E-state index in [-0.39, 0.29) is 42.9 Å². The molecule has 1 aromatic heterocycles. The summed E-state index contributed by atoms with van der Waals surface area (Å²) in [5, 5.41) is 60.2. The van der Waals surface area contributed by atoms with Gasteiger partial charge in [0.15, 0.2) is 12.6 Å². The number of rotatable bonds is 18. The molecule has 1 aromatic carbocycles. The average molecular weight is 1100 g/mol. The van der Waals surface area contributed by atoms with Gasteiger partial charge in [-0.15, -0.1) is 0 Å². The van der Waals surface area contributed by atoms with Crippen LogP contribution in [-0.4, -0.2) is 222 Å². The van der Waals surface area contributed by atoms with Gasteiger partial charge in [-0.1, -0.05) is 26.8 Å². The van der Waals surface area contributed by atoms with Crippen molar-refractivity contribution in [3.8, 4) is 0 Å². The van der Waals surface area contributed by atoms with E-state index >= 15 is 0 Å². The van der Waals surface area contributed by atoms with E-state index in [2.05, 4.69) is 4.90 Å². The van der Waals surface area contributed by atoms with Crippen LogP contribution in [0.1, 0.15) is 130 Å². The molecule has 0 spiro atoms. The van der Waals surface area contributed by atoms with E-state index in [4.69, 9.17) is 33.2 Å². The van der Waals surface area contributed by atoms with Crippen molar-refractivity contribution < 1.29 is 68.3 Å². The summed E-state index contributed by atoms with van der Waals surface area (Å²) >= 11 is 0. The van der Waals surface area contributed by atoms with E-state index in [1.165, 1.54) is 13.1 Å². The number of carboxylic acid groups (broad SMARTS) is 1. The van der Waals surface area contributed by atoms with Crippen LogP contribution in [-0.2, 0) is 44.4 Å². The molecule has 5 N–H and O–H groups in total. The van der Waals surface area contributed by atoms with Gasteiger partial charge >= 0.3 is 11.9 Å². The molecule has 20 nitrogen and oxygen atoms in total. The van der Waals surface area contributed by atoms with E-state index in [0.29, 0.717) is 49.5 Å². The third-order valence-corrected chi connectivity index (χ3v) is 17.5. The molecule has 3 aliphatic heterocycles. The second-order valence-electron chi connectivity index (χ2n) is 24.6. The maximum absolute atomic E-state index is 14.7. The molecule has 20 heteroatoms. The SMILES string of the molecule is CC[C@H]1OC(=O)[C@H](C)[C@@H](O[C@H]2C[C@@](C)(OC)[C@@H](OCCN(CCCc3ccc4c(c3)c(=O)c(C(=O)O)cn4N(C)C)C3CC3)[C@H](C)O2)[C@H](C)[C@@H](O[C@@H]2O[C@H](C)C[C@H](N(C)C)[C@H]2O)[C@](C)(O)C[C@@H](C)CN(C)[C@H](C)[C@@H](O)[C@]1(C)O. The minimum atomic E-state index is -1.84. The van der Waals surface area contributed by atoms with Gasteiger partial charge in [-0.2, -0.15) is 0 Å². The van der Waals surface area contributed by atoms with Crippen LogP contribution in [0.15, 0.2) is 29.2 Å². The van der Waals surface area contributed by atoms with Gasteiger partial charge in [0.25, 0.3) is 0 Å². The summed E-state index contributed by atoms with van der Waals surface area (Å²) in [6, 6.07) is 5.24. The fraction of sp³-hybridized carbons (Fsp3) is 0.810. The highest BCUT2D eigenvalue weighted by Crippen LogP contribution is 2.41. The summed E-state index contributed by atoms with van der Waals surface area (Å²) in [4.78, 5) is 46.2. The Hall–Kier alpha value is -3.35. The number of ether oxygens (including phenoxy) is 7. The summed E-state index contributed by atoms with van der Waals surface area (Å²) in [7, 11) is 10.8. The molecule has 0 radical (unpaired) electrons. The molecule has 4 aliphatic rings. The molecule has 1 aliphatic carbocycles. The number of nitrogens with zero attached hydrogens (tertiary/aromatic N) is 5. The average Bonchev–Trinajstić information content (AvgIpc) is 4.22. The minimum absolute atomic E-state index is 0.174. The zero-order valence-corrected chi connectivity index (χ0v) is 49.6. The first-order valence-corrected chi connectivity index (χ1v) is 28.5. The Bertz CT molecular complexity index is 2360. The van der Waals surface area contributed by atoms with Gasteiger partial charge in [0.05, 0.1) is 53.7 Å². The largest absolute Gasteiger partial charge is 0.477 e. The monoisotopic (exact) mass is 1100 g/mol. The molecule has 78 heavy (non-hydrogen) atoms. The number of aliphatic hydroxyl groups excluding tert-OH is 2. The molecule has 4 fully saturated rings. The van der Waals surface area contributed by atoms with Crippen LogP contribution in [0, 0.1) is 17.8 Å². The third kappa shape index (κ3) is 14.6. The number of aliphatic hydroxyl groups is 4. The van der Waals surface area contributed by atoms with Crippen LogP contribution in [0.25, 0.3) is 10.9 Å². The lowest BCUT2D eigenvalue weighted by Gasteiger charge is -2.49. The number of methoxy groups -OCH3 is 1. The number of cyclic esters (lactones) is 1. The Morgan fingerprint density at radius 3 is 2.21 bits per heavy atom. The number of aryl methyl sites for hydroxylation is 1. The lowest BCUT2D eigenvalue weighted by Crippen LogP contribution is -2.61. The second kappa shape index (κ2) is 26.3. The topological polar surface area (TPSA) is 235 Å². The van der Waals surface area contributed by atoms with Crippen molar-refractivity contribution in [2.75, 3.05) is 73.6 Å². The zero-order valence-electron chi connectivity index (χ0n) is 49.6. The molecule has 6 rings (SSSR count). The van der Waals surface area contributed by atoms with Gasteiger partial charge in [-0.25, -0.2) is 4.79 Å². The summed E-state index contributed by atoms with van der Waals surface area (Å²) < 4.78 is 47.8. The molecule has 4 heterocycles. The molecule has 0 unspecified atom stereocenters. The van der Waals surface area contributed by atoms with Crippen molar-refractivity contribution in [2.45, 2.75) is 217 Å². The van der Waals surface area contributed by atoms with Crippen LogP contribution in [0.2, 0.25) is 0 Å². The molecule has 444 valence electrons. The van der Waals surface area contributed by atoms with E-state index in [1.54, 1.807) is 51.7 Å². The molecule has 3 saturated heterocycles. The van der Waals surface area contributed by atoms with Gasteiger partial charge in [0.1, 0.15) is 35.6 Å². The summed E-state index contributed by atoms with van der Waals surface area (Å²) in [5.41, 5.74) is -3.56. The Morgan fingerprint density at radius 2 is 1.60 bits per heavy atom. The number of esters is 1. The van der Waals surface area contributed by atoms with Crippen molar-refractivity contribution in [3.63, 3.8) is 0 Å². The van der Waals surface area contributed by atoms with Crippen molar-refractivity contribution in [3.05, 3.63) is 45.7 Å². The molecular formula is C58H97N5O15. The van der Waals surface area contributed by atoms with Crippen molar-refractivity contribution in [2.24, 2.45) is 17.8 Å². The first-order valence-electron chi connectivity index (χ1n) is 28.5.